The SMILES string of the molecule is CCCc1nc2c(NC(=O)CCCCCN(CC)CCCN(C)CCCN(CC)CC)nc3ccccc3c2s1. The quantitative estimate of drug-likeness (QED) is 0.154. The zero-order valence-electron chi connectivity index (χ0n) is 25.7. The summed E-state index contributed by atoms with van der Waals surface area (Å²) in [5.74, 6) is 0.637. The standard InChI is InChI=1S/C32H52N6OS/c1-6-17-29-35-30-31(40-29)26-18-12-13-19-27(26)33-32(30)34-28(39)20-11-10-14-23-38(9-4)25-16-22-36(5)21-15-24-37(7-2)8-3/h12-13,18-19H,6-11,14-17,20-25H2,1-5H3,(H,33,34,39). The smallest absolute Gasteiger partial charge is 0.225 e. The molecule has 3 aromatic rings. The summed E-state index contributed by atoms with van der Waals surface area (Å²) >= 11 is 1.72. The fourth-order valence-corrected chi connectivity index (χ4v) is 6.45. The van der Waals surface area contributed by atoms with E-state index in [0.717, 1.165) is 97.5 Å². The number of fused-ring (bicyclic) bond motifs is 3. The zero-order valence-corrected chi connectivity index (χ0v) is 26.5. The summed E-state index contributed by atoms with van der Waals surface area (Å²) in [5.41, 5.74) is 1.73. The van der Waals surface area contributed by atoms with Gasteiger partial charge in [-0.05, 0) is 104 Å². The number of hydrogen-bond acceptors (Lipinski definition) is 7. The minimum absolute atomic E-state index is 0.0329. The lowest BCUT2D eigenvalue weighted by atomic mass is 10.1. The summed E-state index contributed by atoms with van der Waals surface area (Å²) in [6.07, 6.45) is 8.06. The van der Waals surface area contributed by atoms with Gasteiger partial charge in [0.15, 0.2) is 5.82 Å². The van der Waals surface area contributed by atoms with Crippen LogP contribution in [-0.2, 0) is 11.2 Å². The van der Waals surface area contributed by atoms with Crippen LogP contribution < -0.4 is 5.32 Å². The summed E-state index contributed by atoms with van der Waals surface area (Å²) in [6, 6.07) is 8.13. The highest BCUT2D eigenvalue weighted by Crippen LogP contribution is 2.34. The van der Waals surface area contributed by atoms with Crippen molar-refractivity contribution in [3.05, 3.63) is 29.3 Å². The van der Waals surface area contributed by atoms with Crippen LogP contribution in [0.2, 0.25) is 0 Å². The van der Waals surface area contributed by atoms with Gasteiger partial charge in [-0.3, -0.25) is 4.79 Å². The topological polar surface area (TPSA) is 64.6 Å². The molecule has 8 heteroatoms. The van der Waals surface area contributed by atoms with Crippen molar-refractivity contribution in [1.82, 2.24) is 24.7 Å². The molecule has 0 atom stereocenters. The van der Waals surface area contributed by atoms with Gasteiger partial charge in [0.2, 0.25) is 5.91 Å². The first-order valence-electron chi connectivity index (χ1n) is 15.6. The molecule has 2 heterocycles. The average molecular weight is 569 g/mol. The lowest BCUT2D eigenvalue weighted by molar-refractivity contribution is -0.116. The third kappa shape index (κ3) is 10.1. The first-order valence-corrected chi connectivity index (χ1v) is 16.4. The van der Waals surface area contributed by atoms with E-state index in [1.165, 1.54) is 25.9 Å². The van der Waals surface area contributed by atoms with Crippen molar-refractivity contribution in [2.75, 3.05) is 64.7 Å². The van der Waals surface area contributed by atoms with Gasteiger partial charge in [-0.15, -0.1) is 11.3 Å². The maximum absolute atomic E-state index is 12.8. The molecule has 0 saturated carbocycles. The number of anilines is 1. The van der Waals surface area contributed by atoms with Gasteiger partial charge in [0.25, 0.3) is 0 Å². The number of pyridine rings is 1. The number of carbonyl (C=O) groups is 1. The largest absolute Gasteiger partial charge is 0.309 e. The van der Waals surface area contributed by atoms with E-state index in [1.54, 1.807) is 11.3 Å². The predicted molar refractivity (Wildman–Crippen MR) is 173 cm³/mol. The number of rotatable bonds is 20. The molecule has 3 rings (SSSR count). The number of benzene rings is 1. The lowest BCUT2D eigenvalue weighted by Gasteiger charge is -2.23. The predicted octanol–water partition coefficient (Wildman–Crippen LogP) is 6.67. The summed E-state index contributed by atoms with van der Waals surface area (Å²) in [7, 11) is 2.25. The minimum Gasteiger partial charge on any atom is -0.309 e. The maximum Gasteiger partial charge on any atom is 0.225 e. The molecule has 1 aromatic carbocycles. The molecule has 222 valence electrons. The van der Waals surface area contributed by atoms with Crippen molar-refractivity contribution < 1.29 is 4.79 Å². The van der Waals surface area contributed by atoms with Crippen LogP contribution in [0.25, 0.3) is 21.1 Å². The molecular formula is C32H52N6OS. The molecule has 2 aromatic heterocycles. The molecule has 0 aliphatic carbocycles. The van der Waals surface area contributed by atoms with Crippen molar-refractivity contribution in [3.8, 4) is 0 Å². The van der Waals surface area contributed by atoms with Gasteiger partial charge < -0.3 is 20.0 Å². The Balaban J connectivity index is 1.37. The summed E-state index contributed by atoms with van der Waals surface area (Å²) < 4.78 is 1.12. The Morgan fingerprint density at radius 2 is 1.50 bits per heavy atom. The van der Waals surface area contributed by atoms with Crippen LogP contribution >= 0.6 is 11.3 Å². The number of unbranched alkanes of at least 4 members (excludes halogenated alkanes) is 2. The van der Waals surface area contributed by atoms with Crippen molar-refractivity contribution in [2.24, 2.45) is 0 Å². The molecule has 1 N–H and O–H groups in total. The molecule has 0 bridgehead atoms. The number of nitrogens with one attached hydrogen (secondary N) is 1. The Labute approximate surface area is 246 Å². The number of para-hydroxylation sites is 1. The summed E-state index contributed by atoms with van der Waals surface area (Å²) in [6.45, 7) is 18.1. The van der Waals surface area contributed by atoms with E-state index in [9.17, 15) is 4.79 Å². The zero-order chi connectivity index (χ0) is 28.7. The summed E-state index contributed by atoms with van der Waals surface area (Å²) in [4.78, 5) is 30.0. The van der Waals surface area contributed by atoms with E-state index in [1.807, 2.05) is 18.2 Å². The first kappa shape index (κ1) is 32.4. The Morgan fingerprint density at radius 3 is 2.20 bits per heavy atom. The second-order valence-electron chi connectivity index (χ2n) is 10.8. The molecule has 0 aliphatic heterocycles. The van der Waals surface area contributed by atoms with Crippen LogP contribution in [-0.4, -0.2) is 90.0 Å². The van der Waals surface area contributed by atoms with Crippen molar-refractivity contribution in [3.63, 3.8) is 0 Å². The average Bonchev–Trinajstić information content (AvgIpc) is 3.39. The van der Waals surface area contributed by atoms with Gasteiger partial charge in [0, 0.05) is 11.8 Å². The van der Waals surface area contributed by atoms with Crippen LogP contribution in [0.15, 0.2) is 24.3 Å². The Hall–Kier alpha value is -2.13. The molecule has 1 amide bonds. The number of nitrogens with zero attached hydrogens (tertiary/aromatic N) is 5. The lowest BCUT2D eigenvalue weighted by Crippen LogP contribution is -2.31. The second-order valence-corrected chi connectivity index (χ2v) is 11.9. The third-order valence-electron chi connectivity index (χ3n) is 7.75. The number of thiazole rings is 1. The molecule has 7 nitrogen and oxygen atoms in total. The van der Waals surface area contributed by atoms with Gasteiger partial charge in [0.1, 0.15) is 5.52 Å². The van der Waals surface area contributed by atoms with Crippen molar-refractivity contribution in [1.29, 1.82) is 0 Å². The van der Waals surface area contributed by atoms with E-state index in [-0.39, 0.29) is 5.91 Å². The maximum atomic E-state index is 12.8. The second kappa shape index (κ2) is 17.6. The highest BCUT2D eigenvalue weighted by Gasteiger charge is 2.16. The van der Waals surface area contributed by atoms with Gasteiger partial charge in [-0.2, -0.15) is 0 Å². The van der Waals surface area contributed by atoms with Crippen LogP contribution in [0.3, 0.4) is 0 Å². The van der Waals surface area contributed by atoms with Gasteiger partial charge in [-0.25, -0.2) is 9.97 Å². The monoisotopic (exact) mass is 568 g/mol. The molecule has 0 spiro atoms. The fraction of sp³-hybridized carbons (Fsp3) is 0.656. The van der Waals surface area contributed by atoms with Gasteiger partial charge in [-0.1, -0.05) is 52.3 Å². The Morgan fingerprint density at radius 1 is 0.825 bits per heavy atom. The Kier molecular flexibility index (Phi) is 14.3. The van der Waals surface area contributed by atoms with E-state index in [4.69, 9.17) is 9.97 Å². The van der Waals surface area contributed by atoms with E-state index in [0.29, 0.717) is 12.2 Å². The van der Waals surface area contributed by atoms with E-state index >= 15 is 0 Å². The molecule has 0 radical (unpaired) electrons. The third-order valence-corrected chi connectivity index (χ3v) is 8.89. The number of hydrogen-bond donors (Lipinski definition) is 1. The van der Waals surface area contributed by atoms with Crippen LogP contribution in [0.5, 0.6) is 0 Å². The molecule has 40 heavy (non-hydrogen) atoms. The van der Waals surface area contributed by atoms with E-state index in [2.05, 4.69) is 60.8 Å². The van der Waals surface area contributed by atoms with E-state index < -0.39 is 0 Å². The van der Waals surface area contributed by atoms with Crippen molar-refractivity contribution >= 4 is 44.2 Å². The number of aryl methyl sites for hydroxylation is 1. The highest BCUT2D eigenvalue weighted by molar-refractivity contribution is 7.19. The summed E-state index contributed by atoms with van der Waals surface area (Å²) in [5, 5.41) is 5.30. The van der Waals surface area contributed by atoms with Crippen LogP contribution in [0, 0.1) is 0 Å². The van der Waals surface area contributed by atoms with Crippen LogP contribution in [0.1, 0.15) is 77.6 Å². The van der Waals surface area contributed by atoms with Crippen molar-refractivity contribution in [2.45, 2.75) is 79.1 Å². The van der Waals surface area contributed by atoms with Gasteiger partial charge in [0.05, 0.1) is 15.2 Å². The highest BCUT2D eigenvalue weighted by atomic mass is 32.1. The molecule has 0 saturated heterocycles. The minimum atomic E-state index is 0.0329. The first-order chi connectivity index (χ1) is 19.5. The normalized spacial score (nSPS) is 12.0. The number of aromatic nitrogens is 2. The van der Waals surface area contributed by atoms with Crippen LogP contribution in [0.4, 0.5) is 5.82 Å². The fourth-order valence-electron chi connectivity index (χ4n) is 5.25. The molecular weight excluding hydrogens is 516 g/mol. The number of amides is 1. The molecule has 0 unspecified atom stereocenters. The Bertz CT molecular complexity index is 1160. The number of carbonyl (C=O) groups excluding carboxylic acids is 1. The molecule has 0 fully saturated rings. The molecule has 0 aliphatic rings. The van der Waals surface area contributed by atoms with Gasteiger partial charge >= 0.3 is 0 Å².